The fourth-order valence-corrected chi connectivity index (χ4v) is 5.42. The molecule has 3 rings (SSSR count). The number of rotatable bonds is 11. The minimum atomic E-state index is -3.53. The lowest BCUT2D eigenvalue weighted by Crippen LogP contribution is -2.48. The Balaban J connectivity index is 1.46. The molecule has 0 aromatic heterocycles. The van der Waals surface area contributed by atoms with Crippen LogP contribution in [0.2, 0.25) is 0 Å². The molecule has 2 aromatic carbocycles. The molecule has 0 fully saturated rings. The zero-order valence-electron chi connectivity index (χ0n) is 18.7. The van der Waals surface area contributed by atoms with E-state index in [0.29, 0.717) is 38.5 Å². The Morgan fingerprint density at radius 1 is 1.21 bits per heavy atom. The lowest BCUT2D eigenvalue weighted by atomic mass is 9.77. The summed E-state index contributed by atoms with van der Waals surface area (Å²) in [7, 11) is -3.53. The largest absolute Gasteiger partial charge is 0.351 e. The lowest BCUT2D eigenvalue weighted by Gasteiger charge is -2.34. The first-order valence-electron chi connectivity index (χ1n) is 11.3. The second-order valence-corrected chi connectivity index (χ2v) is 10.2. The highest BCUT2D eigenvalue weighted by molar-refractivity contribution is 7.89. The Morgan fingerprint density at radius 2 is 1.97 bits per heavy atom. The summed E-state index contributed by atoms with van der Waals surface area (Å²) in [5.41, 5.74) is 8.14. The first kappa shape index (κ1) is 25.1. The number of sulfonamides is 1. The maximum atomic E-state index is 13.6. The Bertz CT molecular complexity index is 1060. The average Bonchev–Trinajstić information content (AvgIpc) is 2.80. The van der Waals surface area contributed by atoms with Gasteiger partial charge in [-0.25, -0.2) is 17.5 Å². The van der Waals surface area contributed by atoms with Crippen LogP contribution < -0.4 is 15.8 Å². The Labute approximate surface area is 195 Å². The van der Waals surface area contributed by atoms with E-state index in [4.69, 9.17) is 5.73 Å². The zero-order valence-corrected chi connectivity index (χ0v) is 19.5. The second kappa shape index (κ2) is 11.5. The molecule has 3 atom stereocenters. The van der Waals surface area contributed by atoms with Crippen LogP contribution in [0.5, 0.6) is 0 Å². The predicted octanol–water partition coefficient (Wildman–Crippen LogP) is 3.39. The SMILES string of the molecule is C=CC[C@H]1c2ccc(F)cc2CC[C@@H]1NC(=O)[C@@H](N)CCCCNS(=O)(=O)c1ccccc1. The molecule has 0 spiro atoms. The molecule has 0 radical (unpaired) electrons. The van der Waals surface area contributed by atoms with E-state index in [-0.39, 0.29) is 35.1 Å². The lowest BCUT2D eigenvalue weighted by molar-refractivity contribution is -0.123. The summed E-state index contributed by atoms with van der Waals surface area (Å²) in [5.74, 6) is -0.429. The minimum absolute atomic E-state index is 0.0374. The van der Waals surface area contributed by atoms with Crippen LogP contribution in [-0.4, -0.2) is 33.0 Å². The molecule has 6 nitrogen and oxygen atoms in total. The first-order chi connectivity index (χ1) is 15.8. The third kappa shape index (κ3) is 6.72. The summed E-state index contributed by atoms with van der Waals surface area (Å²) >= 11 is 0. The van der Waals surface area contributed by atoms with Crippen molar-refractivity contribution in [3.8, 4) is 0 Å². The molecule has 0 saturated carbocycles. The van der Waals surface area contributed by atoms with E-state index in [1.54, 1.807) is 42.5 Å². The maximum absolute atomic E-state index is 13.6. The van der Waals surface area contributed by atoms with Crippen molar-refractivity contribution in [2.45, 2.75) is 61.4 Å². The second-order valence-electron chi connectivity index (χ2n) is 8.44. The Hall–Kier alpha value is -2.55. The number of amides is 1. The summed E-state index contributed by atoms with van der Waals surface area (Å²) in [6, 6.07) is 12.3. The van der Waals surface area contributed by atoms with Crippen LogP contribution in [0.25, 0.3) is 0 Å². The van der Waals surface area contributed by atoms with Gasteiger partial charge in [0.05, 0.1) is 10.9 Å². The van der Waals surface area contributed by atoms with Gasteiger partial charge in [0.25, 0.3) is 0 Å². The average molecular weight is 474 g/mol. The van der Waals surface area contributed by atoms with Crippen molar-refractivity contribution < 1.29 is 17.6 Å². The van der Waals surface area contributed by atoms with Crippen LogP contribution in [0.15, 0.2) is 66.1 Å². The highest BCUT2D eigenvalue weighted by Crippen LogP contribution is 2.35. The molecule has 2 aromatic rings. The third-order valence-electron chi connectivity index (χ3n) is 6.09. The van der Waals surface area contributed by atoms with Gasteiger partial charge in [0.2, 0.25) is 15.9 Å². The number of allylic oxidation sites excluding steroid dienone is 1. The molecule has 1 aliphatic rings. The molecule has 1 aliphatic carbocycles. The van der Waals surface area contributed by atoms with Gasteiger partial charge in [-0.3, -0.25) is 4.79 Å². The van der Waals surface area contributed by atoms with Crippen LogP contribution >= 0.6 is 0 Å². The van der Waals surface area contributed by atoms with Crippen LogP contribution in [-0.2, 0) is 21.2 Å². The molecule has 0 bridgehead atoms. The quantitative estimate of drug-likeness (QED) is 0.344. The number of nitrogens with one attached hydrogen (secondary N) is 2. The molecule has 0 saturated heterocycles. The monoisotopic (exact) mass is 473 g/mol. The van der Waals surface area contributed by atoms with E-state index in [1.165, 1.54) is 6.07 Å². The normalized spacial score (nSPS) is 18.8. The number of hydrogen-bond donors (Lipinski definition) is 3. The van der Waals surface area contributed by atoms with E-state index in [2.05, 4.69) is 16.6 Å². The van der Waals surface area contributed by atoms with Crippen molar-refractivity contribution in [1.82, 2.24) is 10.0 Å². The van der Waals surface area contributed by atoms with Crippen molar-refractivity contribution in [3.05, 3.63) is 78.1 Å². The zero-order chi connectivity index (χ0) is 23.8. The van der Waals surface area contributed by atoms with Gasteiger partial charge in [-0.1, -0.05) is 36.8 Å². The highest BCUT2D eigenvalue weighted by Gasteiger charge is 2.31. The van der Waals surface area contributed by atoms with Gasteiger partial charge < -0.3 is 11.1 Å². The van der Waals surface area contributed by atoms with Crippen LogP contribution in [0.1, 0.15) is 49.1 Å². The van der Waals surface area contributed by atoms with Crippen LogP contribution in [0, 0.1) is 5.82 Å². The van der Waals surface area contributed by atoms with Gasteiger partial charge in [0.15, 0.2) is 0 Å². The third-order valence-corrected chi connectivity index (χ3v) is 7.56. The summed E-state index contributed by atoms with van der Waals surface area (Å²) in [6.45, 7) is 4.11. The van der Waals surface area contributed by atoms with Gasteiger partial charge in [-0.05, 0) is 67.5 Å². The van der Waals surface area contributed by atoms with Crippen molar-refractivity contribution in [3.63, 3.8) is 0 Å². The molecule has 33 heavy (non-hydrogen) atoms. The fourth-order valence-electron chi connectivity index (χ4n) is 4.32. The van der Waals surface area contributed by atoms with Crippen LogP contribution in [0.3, 0.4) is 0 Å². The van der Waals surface area contributed by atoms with Crippen LogP contribution in [0.4, 0.5) is 4.39 Å². The van der Waals surface area contributed by atoms with E-state index in [0.717, 1.165) is 11.1 Å². The molecule has 4 N–H and O–H groups in total. The smallest absolute Gasteiger partial charge is 0.240 e. The number of halogens is 1. The number of unbranched alkanes of at least 4 members (excludes halogenated alkanes) is 1. The molecule has 8 heteroatoms. The van der Waals surface area contributed by atoms with Crippen molar-refractivity contribution in [2.24, 2.45) is 5.73 Å². The number of hydrogen-bond acceptors (Lipinski definition) is 4. The fraction of sp³-hybridized carbons (Fsp3) is 0.400. The number of nitrogens with two attached hydrogens (primary N) is 1. The summed E-state index contributed by atoms with van der Waals surface area (Å²) in [6.07, 6.45) is 5.57. The maximum Gasteiger partial charge on any atom is 0.240 e. The number of carbonyl (C=O) groups excluding carboxylic acids is 1. The van der Waals surface area contributed by atoms with Crippen molar-refractivity contribution in [2.75, 3.05) is 6.54 Å². The van der Waals surface area contributed by atoms with Crippen molar-refractivity contribution in [1.29, 1.82) is 0 Å². The van der Waals surface area contributed by atoms with E-state index in [1.807, 2.05) is 6.08 Å². The van der Waals surface area contributed by atoms with Gasteiger partial charge >= 0.3 is 0 Å². The molecule has 0 unspecified atom stereocenters. The molecule has 0 aliphatic heterocycles. The predicted molar refractivity (Wildman–Crippen MR) is 128 cm³/mol. The van der Waals surface area contributed by atoms with E-state index in [9.17, 15) is 17.6 Å². The number of aryl methyl sites for hydroxylation is 1. The molecular weight excluding hydrogens is 441 g/mol. The Morgan fingerprint density at radius 3 is 2.70 bits per heavy atom. The molecule has 1 amide bonds. The molecule has 178 valence electrons. The van der Waals surface area contributed by atoms with Gasteiger partial charge in [-0.15, -0.1) is 6.58 Å². The number of fused-ring (bicyclic) bond motifs is 1. The van der Waals surface area contributed by atoms with Crippen molar-refractivity contribution >= 4 is 15.9 Å². The van der Waals surface area contributed by atoms with E-state index < -0.39 is 16.1 Å². The van der Waals surface area contributed by atoms with Gasteiger partial charge in [-0.2, -0.15) is 0 Å². The van der Waals surface area contributed by atoms with E-state index >= 15 is 0 Å². The number of carbonyl (C=O) groups is 1. The minimum Gasteiger partial charge on any atom is -0.351 e. The molecule has 0 heterocycles. The molecular formula is C25H32FN3O3S. The summed E-state index contributed by atoms with van der Waals surface area (Å²) < 4.78 is 40.6. The highest BCUT2D eigenvalue weighted by atomic mass is 32.2. The number of benzene rings is 2. The van der Waals surface area contributed by atoms with Gasteiger partial charge in [0.1, 0.15) is 5.82 Å². The first-order valence-corrected chi connectivity index (χ1v) is 12.8. The summed E-state index contributed by atoms with van der Waals surface area (Å²) in [5, 5.41) is 3.08. The van der Waals surface area contributed by atoms with Gasteiger partial charge in [0, 0.05) is 18.5 Å². The topological polar surface area (TPSA) is 101 Å². The summed E-state index contributed by atoms with van der Waals surface area (Å²) in [4.78, 5) is 12.9. The standard InChI is InChI=1S/C25H32FN3O3S/c1-2-8-22-21-14-13-19(26)17-18(21)12-15-24(22)29-25(30)23(27)11-6-7-16-28-33(31,32)20-9-4-3-5-10-20/h2-5,9-10,13-14,17,22-24,28H,1,6-8,11-12,15-16,27H2,(H,29,30)/t22-,23-,24-/m0/s1. The Kier molecular flexibility index (Phi) is 8.77.